The standard InChI is InChI=1S/C13H22N2S/c1-9-4-10(2)6-11(5-9)13(14-3)12-7-15-8-16-12/h7-11,13-14H,4-6H2,1-3H3. The zero-order chi connectivity index (χ0) is 11.5. The second kappa shape index (κ2) is 5.28. The van der Waals surface area contributed by atoms with Crippen molar-refractivity contribution in [2.24, 2.45) is 17.8 Å². The Morgan fingerprint density at radius 3 is 2.50 bits per heavy atom. The number of hydrogen-bond acceptors (Lipinski definition) is 3. The van der Waals surface area contributed by atoms with Gasteiger partial charge in [-0.25, -0.2) is 0 Å². The minimum absolute atomic E-state index is 0.512. The topological polar surface area (TPSA) is 24.9 Å². The SMILES string of the molecule is CNC(c1cncs1)C1CC(C)CC(C)C1. The van der Waals surface area contributed by atoms with Crippen LogP contribution in [0.15, 0.2) is 11.7 Å². The first-order chi connectivity index (χ1) is 7.70. The van der Waals surface area contributed by atoms with Crippen molar-refractivity contribution in [1.29, 1.82) is 0 Å². The van der Waals surface area contributed by atoms with Crippen LogP contribution in [0.1, 0.15) is 44.0 Å². The van der Waals surface area contributed by atoms with Crippen molar-refractivity contribution in [3.05, 3.63) is 16.6 Å². The molecule has 0 aliphatic heterocycles. The predicted octanol–water partition coefficient (Wildman–Crippen LogP) is 3.48. The van der Waals surface area contributed by atoms with E-state index in [9.17, 15) is 0 Å². The lowest BCUT2D eigenvalue weighted by molar-refractivity contribution is 0.182. The van der Waals surface area contributed by atoms with Crippen molar-refractivity contribution in [1.82, 2.24) is 10.3 Å². The molecule has 1 saturated carbocycles. The Kier molecular flexibility index (Phi) is 3.98. The fourth-order valence-corrected chi connectivity index (χ4v) is 4.09. The molecule has 1 aromatic heterocycles. The maximum absolute atomic E-state index is 4.20. The minimum Gasteiger partial charge on any atom is -0.312 e. The second-order valence-electron chi connectivity index (χ2n) is 5.35. The van der Waals surface area contributed by atoms with Gasteiger partial charge in [-0.15, -0.1) is 11.3 Å². The van der Waals surface area contributed by atoms with Gasteiger partial charge in [0, 0.05) is 17.1 Å². The van der Waals surface area contributed by atoms with Crippen LogP contribution >= 0.6 is 11.3 Å². The Bertz CT molecular complexity index is 300. The Morgan fingerprint density at radius 2 is 2.00 bits per heavy atom. The molecule has 3 atom stereocenters. The lowest BCUT2D eigenvalue weighted by atomic mass is 9.73. The summed E-state index contributed by atoms with van der Waals surface area (Å²) in [5.41, 5.74) is 1.94. The predicted molar refractivity (Wildman–Crippen MR) is 69.6 cm³/mol. The molecule has 2 nitrogen and oxygen atoms in total. The molecule has 1 fully saturated rings. The van der Waals surface area contributed by atoms with Crippen LogP contribution in [0, 0.1) is 17.8 Å². The maximum atomic E-state index is 4.20. The van der Waals surface area contributed by atoms with E-state index in [2.05, 4.69) is 31.2 Å². The van der Waals surface area contributed by atoms with Gasteiger partial charge in [0.25, 0.3) is 0 Å². The third-order valence-electron chi connectivity index (χ3n) is 3.76. The monoisotopic (exact) mass is 238 g/mol. The van der Waals surface area contributed by atoms with Crippen molar-refractivity contribution < 1.29 is 0 Å². The highest BCUT2D eigenvalue weighted by atomic mass is 32.1. The number of nitrogens with one attached hydrogen (secondary N) is 1. The van der Waals surface area contributed by atoms with Crippen LogP contribution in [0.5, 0.6) is 0 Å². The maximum Gasteiger partial charge on any atom is 0.0794 e. The highest BCUT2D eigenvalue weighted by Crippen LogP contribution is 2.40. The number of rotatable bonds is 3. The summed E-state index contributed by atoms with van der Waals surface area (Å²) in [7, 11) is 2.08. The van der Waals surface area contributed by atoms with E-state index in [-0.39, 0.29) is 0 Å². The molecule has 1 aliphatic rings. The molecule has 3 unspecified atom stereocenters. The minimum atomic E-state index is 0.512. The first-order valence-corrected chi connectivity index (χ1v) is 7.14. The summed E-state index contributed by atoms with van der Waals surface area (Å²) in [6.07, 6.45) is 6.13. The van der Waals surface area contributed by atoms with E-state index < -0.39 is 0 Å². The smallest absolute Gasteiger partial charge is 0.0794 e. The van der Waals surface area contributed by atoms with E-state index >= 15 is 0 Å². The quantitative estimate of drug-likeness (QED) is 0.872. The molecule has 3 heteroatoms. The molecule has 0 spiro atoms. The molecule has 1 N–H and O–H groups in total. The first-order valence-electron chi connectivity index (χ1n) is 6.26. The van der Waals surface area contributed by atoms with E-state index in [4.69, 9.17) is 0 Å². The van der Waals surface area contributed by atoms with E-state index in [1.807, 2.05) is 11.7 Å². The van der Waals surface area contributed by atoms with E-state index in [0.717, 1.165) is 17.8 Å². The highest BCUT2D eigenvalue weighted by Gasteiger charge is 2.30. The number of nitrogens with zero attached hydrogens (tertiary/aromatic N) is 1. The van der Waals surface area contributed by atoms with Crippen molar-refractivity contribution >= 4 is 11.3 Å². The average Bonchev–Trinajstić information content (AvgIpc) is 2.70. The van der Waals surface area contributed by atoms with Gasteiger partial charge in [-0.05, 0) is 44.1 Å². The first kappa shape index (κ1) is 12.1. The summed E-state index contributed by atoms with van der Waals surface area (Å²) >= 11 is 1.78. The Morgan fingerprint density at radius 1 is 1.31 bits per heavy atom. The normalized spacial score (nSPS) is 32.6. The van der Waals surface area contributed by atoms with Crippen molar-refractivity contribution in [2.45, 2.75) is 39.2 Å². The van der Waals surface area contributed by atoms with Crippen molar-refractivity contribution in [3.8, 4) is 0 Å². The van der Waals surface area contributed by atoms with Crippen LogP contribution in [-0.2, 0) is 0 Å². The third kappa shape index (κ3) is 2.64. The van der Waals surface area contributed by atoms with Gasteiger partial charge in [0.2, 0.25) is 0 Å². The Hall–Kier alpha value is -0.410. The van der Waals surface area contributed by atoms with Gasteiger partial charge in [0.05, 0.1) is 5.51 Å². The molecule has 0 aromatic carbocycles. The van der Waals surface area contributed by atoms with Gasteiger partial charge in [-0.2, -0.15) is 0 Å². The number of aromatic nitrogens is 1. The van der Waals surface area contributed by atoms with Crippen LogP contribution in [0.3, 0.4) is 0 Å². The van der Waals surface area contributed by atoms with Crippen LogP contribution < -0.4 is 5.32 Å². The van der Waals surface area contributed by atoms with E-state index in [0.29, 0.717) is 6.04 Å². The molecule has 0 amide bonds. The summed E-state index contributed by atoms with van der Waals surface area (Å²) in [4.78, 5) is 5.60. The molecule has 0 bridgehead atoms. The number of thiazole rings is 1. The van der Waals surface area contributed by atoms with Crippen LogP contribution in [0.25, 0.3) is 0 Å². The third-order valence-corrected chi connectivity index (χ3v) is 4.61. The highest BCUT2D eigenvalue weighted by molar-refractivity contribution is 7.09. The number of hydrogen-bond donors (Lipinski definition) is 1. The largest absolute Gasteiger partial charge is 0.312 e. The van der Waals surface area contributed by atoms with Gasteiger partial charge in [0.15, 0.2) is 0 Å². The molecule has 2 rings (SSSR count). The van der Waals surface area contributed by atoms with E-state index in [1.165, 1.54) is 24.1 Å². The summed E-state index contributed by atoms with van der Waals surface area (Å²) in [6, 6.07) is 0.512. The van der Waals surface area contributed by atoms with Gasteiger partial charge in [-0.3, -0.25) is 4.98 Å². The molecular formula is C13H22N2S. The summed E-state index contributed by atoms with van der Waals surface area (Å²) in [5.74, 6) is 2.53. The van der Waals surface area contributed by atoms with Crippen molar-refractivity contribution in [2.75, 3.05) is 7.05 Å². The molecule has 16 heavy (non-hydrogen) atoms. The molecule has 90 valence electrons. The van der Waals surface area contributed by atoms with Crippen molar-refractivity contribution in [3.63, 3.8) is 0 Å². The molecular weight excluding hydrogens is 216 g/mol. The average molecular weight is 238 g/mol. The Balaban J connectivity index is 2.09. The lowest BCUT2D eigenvalue weighted by Gasteiger charge is -2.36. The second-order valence-corrected chi connectivity index (χ2v) is 6.27. The molecule has 1 aliphatic carbocycles. The fraction of sp³-hybridized carbons (Fsp3) is 0.769. The summed E-state index contributed by atoms with van der Waals surface area (Å²) in [6.45, 7) is 4.78. The van der Waals surface area contributed by atoms with Crippen LogP contribution in [0.2, 0.25) is 0 Å². The van der Waals surface area contributed by atoms with Gasteiger partial charge >= 0.3 is 0 Å². The Labute approximate surface area is 102 Å². The van der Waals surface area contributed by atoms with Gasteiger partial charge in [0.1, 0.15) is 0 Å². The zero-order valence-electron chi connectivity index (χ0n) is 10.4. The molecule has 1 aromatic rings. The molecule has 1 heterocycles. The molecule has 0 radical (unpaired) electrons. The summed E-state index contributed by atoms with van der Waals surface area (Å²) < 4.78 is 0. The summed E-state index contributed by atoms with van der Waals surface area (Å²) in [5, 5.41) is 3.49. The van der Waals surface area contributed by atoms with E-state index in [1.54, 1.807) is 11.3 Å². The fourth-order valence-electron chi connectivity index (χ4n) is 3.27. The van der Waals surface area contributed by atoms with Crippen LogP contribution in [-0.4, -0.2) is 12.0 Å². The molecule has 0 saturated heterocycles. The zero-order valence-corrected chi connectivity index (χ0v) is 11.3. The lowest BCUT2D eigenvalue weighted by Crippen LogP contribution is -2.30. The van der Waals surface area contributed by atoms with Gasteiger partial charge < -0.3 is 5.32 Å². The van der Waals surface area contributed by atoms with Crippen LogP contribution in [0.4, 0.5) is 0 Å². The van der Waals surface area contributed by atoms with Gasteiger partial charge in [-0.1, -0.05) is 13.8 Å².